The first-order valence-electron chi connectivity index (χ1n) is 5.75. The fraction of sp³-hybridized carbons (Fsp3) is 0.750. The van der Waals surface area contributed by atoms with Gasteiger partial charge in [0.05, 0.1) is 27.2 Å². The van der Waals surface area contributed by atoms with Gasteiger partial charge in [-0.1, -0.05) is 6.58 Å². The Morgan fingerprint density at radius 2 is 1.82 bits per heavy atom. The van der Waals surface area contributed by atoms with Crippen molar-refractivity contribution in [3.8, 4) is 0 Å². The molecule has 102 valence electrons. The second-order valence-electron chi connectivity index (χ2n) is 4.85. The minimum atomic E-state index is -0.0688. The maximum absolute atomic E-state index is 11.2. The molecule has 0 bridgehead atoms. The van der Waals surface area contributed by atoms with Crippen molar-refractivity contribution < 1.29 is 26.8 Å². The van der Waals surface area contributed by atoms with Crippen molar-refractivity contribution in [2.75, 3.05) is 40.3 Å². The van der Waals surface area contributed by atoms with Gasteiger partial charge >= 0.3 is 0 Å². The Bertz CT molecular complexity index is 243. The summed E-state index contributed by atoms with van der Waals surface area (Å²) in [6.45, 7) is 8.18. The van der Waals surface area contributed by atoms with Crippen LogP contribution >= 0.6 is 0 Å². The van der Waals surface area contributed by atoms with E-state index >= 15 is 0 Å². The van der Waals surface area contributed by atoms with Crippen LogP contribution < -0.4 is 17.7 Å². The van der Waals surface area contributed by atoms with Crippen LogP contribution in [-0.2, 0) is 4.79 Å². The first kappa shape index (κ1) is 18.8. The van der Waals surface area contributed by atoms with Gasteiger partial charge in [-0.25, -0.2) is 0 Å². The van der Waals surface area contributed by atoms with Crippen molar-refractivity contribution in [3.63, 3.8) is 0 Å². The van der Waals surface area contributed by atoms with Gasteiger partial charge in [-0.2, -0.15) is 0 Å². The van der Waals surface area contributed by atoms with Crippen LogP contribution in [0.5, 0.6) is 0 Å². The van der Waals surface area contributed by atoms with E-state index in [4.69, 9.17) is 5.11 Å². The third-order valence-electron chi connectivity index (χ3n) is 2.53. The molecular formula is C12H25ClN2O2. The van der Waals surface area contributed by atoms with E-state index in [-0.39, 0.29) is 24.9 Å². The summed E-state index contributed by atoms with van der Waals surface area (Å²) in [4.78, 5) is 11.2. The SMILES string of the molecule is C=C(C)C(=O)NCCC[N+](C)(C)CCCO.[Cl-]. The first-order chi connectivity index (χ1) is 7.39. The van der Waals surface area contributed by atoms with Crippen LogP contribution in [0.15, 0.2) is 12.2 Å². The predicted molar refractivity (Wildman–Crippen MR) is 66.0 cm³/mol. The third kappa shape index (κ3) is 10.3. The smallest absolute Gasteiger partial charge is 0.246 e. The Morgan fingerprint density at radius 3 is 2.29 bits per heavy atom. The average molecular weight is 265 g/mol. The van der Waals surface area contributed by atoms with Crippen LogP contribution in [0.2, 0.25) is 0 Å². The van der Waals surface area contributed by atoms with E-state index in [1.807, 2.05) is 0 Å². The van der Waals surface area contributed by atoms with Gasteiger partial charge < -0.3 is 27.3 Å². The fourth-order valence-corrected chi connectivity index (χ4v) is 1.47. The van der Waals surface area contributed by atoms with E-state index in [1.165, 1.54) is 0 Å². The Balaban J connectivity index is 0. The Kier molecular flexibility index (Phi) is 10.4. The van der Waals surface area contributed by atoms with Gasteiger partial charge in [-0.15, -0.1) is 0 Å². The minimum Gasteiger partial charge on any atom is -1.00 e. The molecular weight excluding hydrogens is 240 g/mol. The van der Waals surface area contributed by atoms with Gasteiger partial charge in [0.25, 0.3) is 0 Å². The number of nitrogens with zero attached hydrogens (tertiary/aromatic N) is 1. The number of rotatable bonds is 8. The maximum atomic E-state index is 11.2. The molecule has 0 aliphatic carbocycles. The molecule has 0 fully saturated rings. The number of halogens is 1. The van der Waals surface area contributed by atoms with Crippen molar-refractivity contribution in [1.82, 2.24) is 5.32 Å². The van der Waals surface area contributed by atoms with Gasteiger partial charge in [0.1, 0.15) is 0 Å². The lowest BCUT2D eigenvalue weighted by molar-refractivity contribution is -0.890. The van der Waals surface area contributed by atoms with Crippen LogP contribution in [-0.4, -0.2) is 55.8 Å². The van der Waals surface area contributed by atoms with E-state index in [0.29, 0.717) is 12.1 Å². The summed E-state index contributed by atoms with van der Waals surface area (Å²) >= 11 is 0. The molecule has 4 nitrogen and oxygen atoms in total. The van der Waals surface area contributed by atoms with Crippen LogP contribution in [0, 0.1) is 0 Å². The summed E-state index contributed by atoms with van der Waals surface area (Å²) in [5, 5.41) is 11.6. The monoisotopic (exact) mass is 264 g/mol. The van der Waals surface area contributed by atoms with Crippen LogP contribution in [0.3, 0.4) is 0 Å². The largest absolute Gasteiger partial charge is 1.00 e. The second kappa shape index (κ2) is 9.45. The van der Waals surface area contributed by atoms with Crippen LogP contribution in [0.25, 0.3) is 0 Å². The number of carbonyl (C=O) groups excluding carboxylic acids is 1. The van der Waals surface area contributed by atoms with E-state index in [1.54, 1.807) is 6.92 Å². The summed E-state index contributed by atoms with van der Waals surface area (Å²) in [5.74, 6) is -0.0688. The highest BCUT2D eigenvalue weighted by atomic mass is 35.5. The average Bonchev–Trinajstić information content (AvgIpc) is 2.21. The molecule has 0 radical (unpaired) electrons. The van der Waals surface area contributed by atoms with Crippen molar-refractivity contribution in [2.24, 2.45) is 0 Å². The van der Waals surface area contributed by atoms with E-state index in [0.717, 1.165) is 30.4 Å². The number of quaternary nitrogens is 1. The zero-order valence-corrected chi connectivity index (χ0v) is 11.9. The molecule has 2 N–H and O–H groups in total. The van der Waals surface area contributed by atoms with Crippen molar-refractivity contribution in [3.05, 3.63) is 12.2 Å². The quantitative estimate of drug-likeness (QED) is 0.290. The van der Waals surface area contributed by atoms with E-state index in [2.05, 4.69) is 26.0 Å². The molecule has 0 aromatic carbocycles. The standard InChI is InChI=1S/C12H24N2O2.ClH/c1-11(2)12(16)13-7-5-8-14(3,4)9-6-10-15;/h15H,1,5-10H2,2-4H3;1H. The van der Waals surface area contributed by atoms with Crippen molar-refractivity contribution in [2.45, 2.75) is 19.8 Å². The lowest BCUT2D eigenvalue weighted by atomic mass is 10.3. The van der Waals surface area contributed by atoms with Gasteiger partial charge in [0, 0.05) is 31.6 Å². The molecule has 0 unspecified atom stereocenters. The highest BCUT2D eigenvalue weighted by Crippen LogP contribution is 2.00. The molecule has 5 heteroatoms. The zero-order chi connectivity index (χ0) is 12.6. The molecule has 0 atom stereocenters. The molecule has 1 amide bonds. The number of carbonyl (C=O) groups is 1. The Labute approximate surface area is 111 Å². The molecule has 0 aromatic heterocycles. The molecule has 0 saturated heterocycles. The highest BCUT2D eigenvalue weighted by molar-refractivity contribution is 5.91. The lowest BCUT2D eigenvalue weighted by Gasteiger charge is -2.29. The predicted octanol–water partition coefficient (Wildman–Crippen LogP) is -2.47. The van der Waals surface area contributed by atoms with Gasteiger partial charge in [-0.3, -0.25) is 4.79 Å². The molecule has 0 aliphatic rings. The van der Waals surface area contributed by atoms with Crippen molar-refractivity contribution in [1.29, 1.82) is 0 Å². The fourth-order valence-electron chi connectivity index (χ4n) is 1.47. The van der Waals surface area contributed by atoms with Crippen molar-refractivity contribution >= 4 is 5.91 Å². The number of nitrogens with one attached hydrogen (secondary N) is 1. The number of aliphatic hydroxyl groups excluding tert-OH is 1. The molecule has 0 rings (SSSR count). The van der Waals surface area contributed by atoms with E-state index < -0.39 is 0 Å². The molecule has 0 spiro atoms. The second-order valence-corrected chi connectivity index (χ2v) is 4.85. The number of hydrogen-bond donors (Lipinski definition) is 2. The zero-order valence-electron chi connectivity index (χ0n) is 11.1. The van der Waals surface area contributed by atoms with Crippen LogP contribution in [0.4, 0.5) is 0 Å². The summed E-state index contributed by atoms with van der Waals surface area (Å²) < 4.78 is 0.878. The summed E-state index contributed by atoms with van der Waals surface area (Å²) in [5.41, 5.74) is 0.550. The topological polar surface area (TPSA) is 49.3 Å². The molecule has 0 heterocycles. The van der Waals surface area contributed by atoms with Crippen LogP contribution in [0.1, 0.15) is 19.8 Å². The Morgan fingerprint density at radius 1 is 1.29 bits per heavy atom. The molecule has 17 heavy (non-hydrogen) atoms. The highest BCUT2D eigenvalue weighted by Gasteiger charge is 2.13. The molecule has 0 aromatic rings. The molecule has 0 saturated carbocycles. The Hall–Kier alpha value is -0.580. The minimum absolute atomic E-state index is 0. The van der Waals surface area contributed by atoms with E-state index in [9.17, 15) is 4.79 Å². The van der Waals surface area contributed by atoms with Gasteiger partial charge in [0.15, 0.2) is 0 Å². The summed E-state index contributed by atoms with van der Waals surface area (Å²) in [6.07, 6.45) is 1.77. The summed E-state index contributed by atoms with van der Waals surface area (Å²) in [7, 11) is 4.27. The number of hydrogen-bond acceptors (Lipinski definition) is 2. The maximum Gasteiger partial charge on any atom is 0.246 e. The molecule has 0 aliphatic heterocycles. The van der Waals surface area contributed by atoms with Gasteiger partial charge in [-0.05, 0) is 6.92 Å². The summed E-state index contributed by atoms with van der Waals surface area (Å²) in [6, 6.07) is 0. The number of aliphatic hydroxyl groups is 1. The lowest BCUT2D eigenvalue weighted by Crippen LogP contribution is -3.00. The third-order valence-corrected chi connectivity index (χ3v) is 2.53. The van der Waals surface area contributed by atoms with Gasteiger partial charge in [0.2, 0.25) is 5.91 Å². The first-order valence-corrected chi connectivity index (χ1v) is 5.75. The number of amides is 1. The normalized spacial score (nSPS) is 10.6.